The van der Waals surface area contributed by atoms with Crippen molar-refractivity contribution < 1.29 is 4.79 Å². The van der Waals surface area contributed by atoms with Crippen molar-refractivity contribution in [3.05, 3.63) is 65.7 Å². The Morgan fingerprint density at radius 2 is 1.74 bits per heavy atom. The maximum Gasteiger partial charge on any atom is 0.230 e. The molecule has 0 heterocycles. The molecule has 0 aliphatic heterocycles. The Bertz CT molecular complexity index is 654. The predicted molar refractivity (Wildman–Crippen MR) is 103 cm³/mol. The molecule has 120 valence electrons. The molecular weight excluding hydrogens is 324 g/mol. The summed E-state index contributed by atoms with van der Waals surface area (Å²) in [6, 6.07) is 17.9. The van der Waals surface area contributed by atoms with Crippen molar-refractivity contribution in [2.75, 3.05) is 24.7 Å². The van der Waals surface area contributed by atoms with E-state index in [1.165, 1.54) is 11.8 Å². The number of thioether (sulfide) groups is 1. The number of amides is 1. The highest BCUT2D eigenvalue weighted by Crippen LogP contribution is 2.14. The van der Waals surface area contributed by atoms with Gasteiger partial charge in [-0.3, -0.25) is 4.79 Å². The Balaban J connectivity index is 1.76. The first-order valence-electron chi connectivity index (χ1n) is 7.31. The fourth-order valence-electron chi connectivity index (χ4n) is 1.95. The number of hydrogen-bond donors (Lipinski definition) is 1. The molecule has 0 spiro atoms. The van der Waals surface area contributed by atoms with Gasteiger partial charge in [-0.1, -0.05) is 54.7 Å². The average Bonchev–Trinajstić information content (AvgIpc) is 2.59. The average molecular weight is 345 g/mol. The number of carbonyl (C=O) groups excluding carboxylic acids is 1. The summed E-state index contributed by atoms with van der Waals surface area (Å²) < 4.78 is 0.746. The fourth-order valence-corrected chi connectivity index (χ4v) is 2.93. The Kier molecular flexibility index (Phi) is 6.62. The molecule has 2 aromatic rings. The highest BCUT2D eigenvalue weighted by atomic mass is 32.2. The molecule has 0 aromatic heterocycles. The van der Waals surface area contributed by atoms with Gasteiger partial charge in [0, 0.05) is 26.3 Å². The van der Waals surface area contributed by atoms with E-state index in [1.807, 2.05) is 73.6 Å². The van der Waals surface area contributed by atoms with Gasteiger partial charge in [-0.05, 0) is 23.3 Å². The maximum atomic E-state index is 11.9. The number of carbonyl (C=O) groups is 1. The molecule has 0 atom stereocenters. The second-order valence-corrected chi connectivity index (χ2v) is 6.93. The fraction of sp³-hybridized carbons (Fsp3) is 0.222. The summed E-state index contributed by atoms with van der Waals surface area (Å²) in [5.74, 6) is 0.328. The lowest BCUT2D eigenvalue weighted by molar-refractivity contribution is -0.118. The lowest BCUT2D eigenvalue weighted by atomic mass is 10.2. The zero-order valence-electron chi connectivity index (χ0n) is 13.3. The Labute approximate surface area is 147 Å². The van der Waals surface area contributed by atoms with Crippen molar-refractivity contribution in [1.29, 1.82) is 0 Å². The molecule has 0 aliphatic rings. The first-order chi connectivity index (χ1) is 11.1. The van der Waals surface area contributed by atoms with E-state index in [0.717, 1.165) is 21.0 Å². The number of nitrogens with one attached hydrogen (secondary N) is 1. The van der Waals surface area contributed by atoms with Crippen LogP contribution < -0.4 is 10.2 Å². The lowest BCUT2D eigenvalue weighted by Gasteiger charge is -2.13. The minimum atomic E-state index is -0.00929. The van der Waals surface area contributed by atoms with Crippen LogP contribution in [-0.4, -0.2) is 30.0 Å². The van der Waals surface area contributed by atoms with Gasteiger partial charge < -0.3 is 10.2 Å². The highest BCUT2D eigenvalue weighted by molar-refractivity contribution is 8.24. The van der Waals surface area contributed by atoms with Gasteiger partial charge in [0.1, 0.15) is 0 Å². The van der Waals surface area contributed by atoms with Gasteiger partial charge in [-0.15, -0.1) is 11.8 Å². The zero-order valence-corrected chi connectivity index (χ0v) is 14.9. The van der Waals surface area contributed by atoms with E-state index < -0.39 is 0 Å². The predicted octanol–water partition coefficient (Wildman–Crippen LogP) is 3.48. The van der Waals surface area contributed by atoms with Crippen molar-refractivity contribution in [2.24, 2.45) is 0 Å². The van der Waals surface area contributed by atoms with Crippen molar-refractivity contribution in [3.63, 3.8) is 0 Å². The van der Waals surface area contributed by atoms with Crippen LogP contribution >= 0.6 is 24.0 Å². The number of nitrogens with zero attached hydrogens (tertiary/aromatic N) is 1. The molecule has 0 bridgehead atoms. The van der Waals surface area contributed by atoms with Gasteiger partial charge >= 0.3 is 0 Å². The van der Waals surface area contributed by atoms with E-state index in [-0.39, 0.29) is 5.91 Å². The SMILES string of the molecule is CN(C)c1ccc(CNC(=O)CSC(=S)c2ccccc2)cc1. The van der Waals surface area contributed by atoms with E-state index in [4.69, 9.17) is 12.2 Å². The van der Waals surface area contributed by atoms with Crippen molar-refractivity contribution >= 4 is 39.8 Å². The van der Waals surface area contributed by atoms with Crippen molar-refractivity contribution in [1.82, 2.24) is 5.32 Å². The molecule has 0 fully saturated rings. The van der Waals surface area contributed by atoms with Crippen molar-refractivity contribution in [2.45, 2.75) is 6.54 Å². The van der Waals surface area contributed by atoms with E-state index >= 15 is 0 Å². The van der Waals surface area contributed by atoms with E-state index in [1.54, 1.807) is 0 Å². The standard InChI is InChI=1S/C18H20N2OS2/c1-20(2)16-10-8-14(9-11-16)12-19-17(21)13-23-18(22)15-6-4-3-5-7-15/h3-11H,12-13H2,1-2H3,(H,19,21). The number of hydrogen-bond acceptors (Lipinski definition) is 4. The van der Waals surface area contributed by atoms with Crippen LogP contribution in [0.4, 0.5) is 5.69 Å². The molecule has 2 rings (SSSR count). The molecule has 2 aromatic carbocycles. The number of benzene rings is 2. The van der Waals surface area contributed by atoms with Crippen LogP contribution in [0.5, 0.6) is 0 Å². The minimum absolute atomic E-state index is 0.00929. The third kappa shape index (κ3) is 5.69. The molecule has 3 nitrogen and oxygen atoms in total. The van der Waals surface area contributed by atoms with Crippen LogP contribution in [0.1, 0.15) is 11.1 Å². The van der Waals surface area contributed by atoms with Crippen LogP contribution in [-0.2, 0) is 11.3 Å². The zero-order chi connectivity index (χ0) is 16.7. The number of rotatable bonds is 6. The Morgan fingerprint density at radius 1 is 1.09 bits per heavy atom. The smallest absolute Gasteiger partial charge is 0.230 e. The minimum Gasteiger partial charge on any atom is -0.378 e. The largest absolute Gasteiger partial charge is 0.378 e. The van der Waals surface area contributed by atoms with Crippen LogP contribution in [0, 0.1) is 0 Å². The molecule has 5 heteroatoms. The summed E-state index contributed by atoms with van der Waals surface area (Å²) in [7, 11) is 4.01. The van der Waals surface area contributed by atoms with Gasteiger partial charge in [0.05, 0.1) is 9.95 Å². The summed E-state index contributed by atoms with van der Waals surface area (Å²) in [6.45, 7) is 0.533. The first-order valence-corrected chi connectivity index (χ1v) is 8.71. The van der Waals surface area contributed by atoms with Crippen LogP contribution in [0.15, 0.2) is 54.6 Å². The normalized spacial score (nSPS) is 10.2. The van der Waals surface area contributed by atoms with E-state index in [9.17, 15) is 4.79 Å². The summed E-state index contributed by atoms with van der Waals surface area (Å²) in [5, 5.41) is 2.92. The lowest BCUT2D eigenvalue weighted by Crippen LogP contribution is -2.25. The summed E-state index contributed by atoms with van der Waals surface area (Å²) in [6.07, 6.45) is 0. The molecule has 1 N–H and O–H groups in total. The second-order valence-electron chi connectivity index (χ2n) is 5.28. The molecule has 0 saturated heterocycles. The third-order valence-corrected chi connectivity index (χ3v) is 4.78. The molecule has 0 aliphatic carbocycles. The van der Waals surface area contributed by atoms with Gasteiger partial charge in [0.2, 0.25) is 5.91 Å². The quantitative estimate of drug-likeness (QED) is 0.813. The molecule has 0 saturated carbocycles. The van der Waals surface area contributed by atoms with Crippen LogP contribution in [0.2, 0.25) is 0 Å². The Hall–Kier alpha value is -1.85. The summed E-state index contributed by atoms with van der Waals surface area (Å²) >= 11 is 6.73. The molecule has 23 heavy (non-hydrogen) atoms. The third-order valence-electron chi connectivity index (χ3n) is 3.29. The monoisotopic (exact) mass is 344 g/mol. The molecular formula is C18H20N2OS2. The van der Waals surface area contributed by atoms with E-state index in [2.05, 4.69) is 5.32 Å². The van der Waals surface area contributed by atoms with Gasteiger partial charge in [-0.2, -0.15) is 0 Å². The van der Waals surface area contributed by atoms with Gasteiger partial charge in [0.25, 0.3) is 0 Å². The Morgan fingerprint density at radius 3 is 2.35 bits per heavy atom. The van der Waals surface area contributed by atoms with E-state index in [0.29, 0.717) is 12.3 Å². The summed E-state index contributed by atoms with van der Waals surface area (Å²) in [4.78, 5) is 14.0. The van der Waals surface area contributed by atoms with Crippen LogP contribution in [0.25, 0.3) is 0 Å². The van der Waals surface area contributed by atoms with Crippen molar-refractivity contribution in [3.8, 4) is 0 Å². The first kappa shape index (κ1) is 17.5. The number of thiocarbonyl (C=S) groups is 1. The van der Waals surface area contributed by atoms with Gasteiger partial charge in [0.15, 0.2) is 0 Å². The summed E-state index contributed by atoms with van der Waals surface area (Å²) in [5.41, 5.74) is 3.21. The highest BCUT2D eigenvalue weighted by Gasteiger charge is 2.06. The number of anilines is 1. The topological polar surface area (TPSA) is 32.3 Å². The molecule has 0 unspecified atom stereocenters. The van der Waals surface area contributed by atoms with Crippen LogP contribution in [0.3, 0.4) is 0 Å². The second kappa shape index (κ2) is 8.70. The van der Waals surface area contributed by atoms with Gasteiger partial charge in [-0.25, -0.2) is 0 Å². The maximum absolute atomic E-state index is 11.9. The molecule has 1 amide bonds. The molecule has 0 radical (unpaired) electrons.